The molecule has 1 rings (SSSR count). The van der Waals surface area contributed by atoms with Gasteiger partial charge in [0.15, 0.2) is 6.10 Å². The Hall–Kier alpha value is -2.41. The Kier molecular flexibility index (Phi) is 7.11. The summed E-state index contributed by atoms with van der Waals surface area (Å²) in [5, 5.41) is 4.55. The van der Waals surface area contributed by atoms with Crippen LogP contribution < -0.4 is 10.6 Å². The van der Waals surface area contributed by atoms with Gasteiger partial charge in [0.25, 0.3) is 5.91 Å². The van der Waals surface area contributed by atoms with Crippen molar-refractivity contribution in [1.29, 1.82) is 0 Å². The van der Waals surface area contributed by atoms with Gasteiger partial charge in [0.1, 0.15) is 5.82 Å². The molecule has 136 valence electrons. The van der Waals surface area contributed by atoms with Crippen LogP contribution in [-0.2, 0) is 14.3 Å². The lowest BCUT2D eigenvalue weighted by Crippen LogP contribution is -2.50. The molecule has 0 saturated carbocycles. The first-order chi connectivity index (χ1) is 11.5. The van der Waals surface area contributed by atoms with Gasteiger partial charge in [0.2, 0.25) is 0 Å². The maximum Gasteiger partial charge on any atom is 0.331 e. The summed E-state index contributed by atoms with van der Waals surface area (Å²) in [4.78, 5) is 35.1. The Labute approximate surface area is 150 Å². The zero-order valence-corrected chi connectivity index (χ0v) is 15.1. The van der Waals surface area contributed by atoms with Crippen LogP contribution in [-0.4, -0.2) is 29.6 Å². The van der Waals surface area contributed by atoms with Gasteiger partial charge in [0.05, 0.1) is 5.02 Å². The van der Waals surface area contributed by atoms with Crippen molar-refractivity contribution >= 4 is 35.6 Å². The third-order valence-electron chi connectivity index (χ3n) is 2.74. The van der Waals surface area contributed by atoms with Crippen molar-refractivity contribution in [3.05, 3.63) is 40.7 Å². The second kappa shape index (κ2) is 8.62. The second-order valence-corrected chi connectivity index (χ2v) is 6.69. The molecule has 0 heterocycles. The maximum absolute atomic E-state index is 13.0. The largest absolute Gasteiger partial charge is 0.449 e. The molecule has 8 heteroatoms. The second-order valence-electron chi connectivity index (χ2n) is 6.28. The van der Waals surface area contributed by atoms with Crippen molar-refractivity contribution in [2.45, 2.75) is 39.3 Å². The first kappa shape index (κ1) is 20.6. The van der Waals surface area contributed by atoms with Gasteiger partial charge in [-0.25, -0.2) is 14.0 Å². The first-order valence-electron chi connectivity index (χ1n) is 7.44. The molecule has 0 saturated heterocycles. The average molecular weight is 371 g/mol. The summed E-state index contributed by atoms with van der Waals surface area (Å²) in [5.74, 6) is -2.12. The maximum atomic E-state index is 13.0. The van der Waals surface area contributed by atoms with Crippen LogP contribution >= 0.6 is 11.6 Å². The first-order valence-corrected chi connectivity index (χ1v) is 7.82. The van der Waals surface area contributed by atoms with Crippen molar-refractivity contribution in [3.8, 4) is 0 Å². The Bertz CT molecular complexity index is 698. The molecule has 0 spiro atoms. The number of carbonyl (C=O) groups excluding carboxylic acids is 3. The molecule has 0 aliphatic carbocycles. The van der Waals surface area contributed by atoms with Gasteiger partial charge < -0.3 is 10.1 Å². The lowest BCUT2D eigenvalue weighted by atomic mass is 10.1. The third-order valence-corrected chi connectivity index (χ3v) is 3.03. The lowest BCUT2D eigenvalue weighted by molar-refractivity contribution is -0.149. The molecular formula is C17H20ClFN2O4. The number of imide groups is 1. The highest BCUT2D eigenvalue weighted by atomic mass is 35.5. The fraction of sp³-hybridized carbons (Fsp3) is 0.353. The quantitative estimate of drug-likeness (QED) is 0.630. The summed E-state index contributed by atoms with van der Waals surface area (Å²) >= 11 is 5.63. The normalized spacial score (nSPS) is 12.6. The topological polar surface area (TPSA) is 84.5 Å². The van der Waals surface area contributed by atoms with E-state index < -0.39 is 35.4 Å². The number of esters is 1. The number of nitrogens with one attached hydrogen (secondary N) is 2. The van der Waals surface area contributed by atoms with Crippen LogP contribution in [0, 0.1) is 5.82 Å². The summed E-state index contributed by atoms with van der Waals surface area (Å²) < 4.78 is 17.9. The van der Waals surface area contributed by atoms with Crippen LogP contribution in [0.1, 0.15) is 33.3 Å². The van der Waals surface area contributed by atoms with E-state index >= 15 is 0 Å². The van der Waals surface area contributed by atoms with Crippen LogP contribution in [0.5, 0.6) is 0 Å². The summed E-state index contributed by atoms with van der Waals surface area (Å²) in [6.07, 6.45) is 1.27. The van der Waals surface area contributed by atoms with E-state index in [1.807, 2.05) is 0 Å². The van der Waals surface area contributed by atoms with Crippen LogP contribution in [0.2, 0.25) is 5.02 Å². The Balaban J connectivity index is 2.55. The zero-order valence-electron chi connectivity index (χ0n) is 14.4. The van der Waals surface area contributed by atoms with E-state index in [-0.39, 0.29) is 5.02 Å². The molecule has 0 radical (unpaired) electrons. The standard InChI is InChI=1S/C17H20ClFN2O4/c1-10(15(23)20-16(24)21-17(2,3)4)25-14(22)8-6-11-5-7-13(19)12(18)9-11/h5-10H,1-4H3,(H2,20,21,23,24)/b8-6+/t10-/m1/s1. The minimum absolute atomic E-state index is 0.0758. The molecule has 0 bridgehead atoms. The smallest absolute Gasteiger partial charge is 0.331 e. The number of urea groups is 1. The van der Waals surface area contributed by atoms with Gasteiger partial charge >= 0.3 is 12.0 Å². The van der Waals surface area contributed by atoms with Crippen LogP contribution in [0.4, 0.5) is 9.18 Å². The van der Waals surface area contributed by atoms with Gasteiger partial charge in [-0.15, -0.1) is 0 Å². The molecule has 25 heavy (non-hydrogen) atoms. The van der Waals surface area contributed by atoms with Gasteiger partial charge in [0, 0.05) is 11.6 Å². The van der Waals surface area contributed by atoms with E-state index in [2.05, 4.69) is 10.6 Å². The number of amides is 3. The molecular weight excluding hydrogens is 351 g/mol. The molecule has 0 unspecified atom stereocenters. The number of halogens is 2. The number of hydrogen-bond acceptors (Lipinski definition) is 4. The predicted molar refractivity (Wildman–Crippen MR) is 92.4 cm³/mol. The molecule has 0 aromatic heterocycles. The summed E-state index contributed by atoms with van der Waals surface area (Å²) in [5.41, 5.74) is -0.0197. The predicted octanol–water partition coefficient (Wildman–Crippen LogP) is 3.05. The third kappa shape index (κ3) is 7.80. The summed E-state index contributed by atoms with van der Waals surface area (Å²) in [6, 6.07) is 3.25. The van der Waals surface area contributed by atoms with Crippen LogP contribution in [0.3, 0.4) is 0 Å². The van der Waals surface area contributed by atoms with Crippen molar-refractivity contribution in [2.24, 2.45) is 0 Å². The number of rotatable bonds is 4. The number of ether oxygens (including phenoxy) is 1. The van der Waals surface area contributed by atoms with Crippen LogP contribution in [0.25, 0.3) is 6.08 Å². The highest BCUT2D eigenvalue weighted by Gasteiger charge is 2.21. The lowest BCUT2D eigenvalue weighted by Gasteiger charge is -2.21. The Morgan fingerprint density at radius 1 is 1.28 bits per heavy atom. The number of benzene rings is 1. The highest BCUT2D eigenvalue weighted by Crippen LogP contribution is 2.16. The highest BCUT2D eigenvalue weighted by molar-refractivity contribution is 6.30. The Morgan fingerprint density at radius 2 is 1.92 bits per heavy atom. The van der Waals surface area contributed by atoms with Crippen LogP contribution in [0.15, 0.2) is 24.3 Å². The number of hydrogen-bond donors (Lipinski definition) is 2. The average Bonchev–Trinajstić information content (AvgIpc) is 2.46. The SMILES string of the molecule is C[C@@H](OC(=O)/C=C/c1ccc(F)c(Cl)c1)C(=O)NC(=O)NC(C)(C)C. The minimum atomic E-state index is -1.17. The fourth-order valence-electron chi connectivity index (χ4n) is 1.63. The van der Waals surface area contributed by atoms with E-state index in [9.17, 15) is 18.8 Å². The summed E-state index contributed by atoms with van der Waals surface area (Å²) in [6.45, 7) is 6.60. The molecule has 1 atom stereocenters. The molecule has 3 amide bonds. The molecule has 0 aliphatic heterocycles. The van der Waals surface area contributed by atoms with Gasteiger partial charge in [-0.3, -0.25) is 10.1 Å². The van der Waals surface area contributed by atoms with Gasteiger partial charge in [-0.05, 0) is 51.5 Å². The number of carbonyl (C=O) groups is 3. The fourth-order valence-corrected chi connectivity index (χ4v) is 1.82. The van der Waals surface area contributed by atoms with Gasteiger partial charge in [-0.1, -0.05) is 17.7 Å². The summed E-state index contributed by atoms with van der Waals surface area (Å²) in [7, 11) is 0. The molecule has 1 aromatic carbocycles. The van der Waals surface area contributed by atoms with E-state index in [0.29, 0.717) is 5.56 Å². The molecule has 1 aromatic rings. The van der Waals surface area contributed by atoms with E-state index in [4.69, 9.17) is 16.3 Å². The Morgan fingerprint density at radius 3 is 2.48 bits per heavy atom. The van der Waals surface area contributed by atoms with E-state index in [0.717, 1.165) is 12.1 Å². The van der Waals surface area contributed by atoms with Crippen molar-refractivity contribution in [1.82, 2.24) is 10.6 Å². The molecule has 0 aliphatic rings. The van der Waals surface area contributed by atoms with E-state index in [1.54, 1.807) is 20.8 Å². The van der Waals surface area contributed by atoms with Crippen molar-refractivity contribution < 1.29 is 23.5 Å². The van der Waals surface area contributed by atoms with Crippen molar-refractivity contribution in [2.75, 3.05) is 0 Å². The van der Waals surface area contributed by atoms with Crippen molar-refractivity contribution in [3.63, 3.8) is 0 Å². The molecule has 6 nitrogen and oxygen atoms in total. The zero-order chi connectivity index (χ0) is 19.2. The van der Waals surface area contributed by atoms with Gasteiger partial charge in [-0.2, -0.15) is 0 Å². The monoisotopic (exact) mass is 370 g/mol. The molecule has 0 fully saturated rings. The van der Waals surface area contributed by atoms with E-state index in [1.165, 1.54) is 25.1 Å². The molecule has 2 N–H and O–H groups in total. The minimum Gasteiger partial charge on any atom is -0.449 e.